The van der Waals surface area contributed by atoms with Crippen molar-refractivity contribution < 1.29 is 14.3 Å². The van der Waals surface area contributed by atoms with Crippen LogP contribution < -0.4 is 5.32 Å². The highest BCUT2D eigenvalue weighted by Crippen LogP contribution is 2.34. The number of nitrogens with zero attached hydrogens (tertiary/aromatic N) is 1. The highest BCUT2D eigenvalue weighted by molar-refractivity contribution is 6.30. The highest BCUT2D eigenvalue weighted by atomic mass is 35.5. The van der Waals surface area contributed by atoms with Gasteiger partial charge in [0, 0.05) is 10.7 Å². The van der Waals surface area contributed by atoms with Gasteiger partial charge in [-0.3, -0.25) is 4.79 Å². The maximum absolute atomic E-state index is 12.4. The second-order valence-electron chi connectivity index (χ2n) is 7.01. The van der Waals surface area contributed by atoms with Crippen LogP contribution in [0.5, 0.6) is 5.75 Å². The molecule has 0 saturated carbocycles. The topological polar surface area (TPSA) is 75.4 Å². The number of phenolic OH excluding ortho intramolecular Hbond substituents is 1. The van der Waals surface area contributed by atoms with E-state index in [4.69, 9.17) is 16.0 Å². The molecule has 3 aromatic carbocycles. The van der Waals surface area contributed by atoms with Crippen molar-refractivity contribution in [2.24, 2.45) is 0 Å². The van der Waals surface area contributed by atoms with Gasteiger partial charge in [0.15, 0.2) is 5.58 Å². The van der Waals surface area contributed by atoms with Crippen LogP contribution in [0.1, 0.15) is 16.7 Å². The van der Waals surface area contributed by atoms with E-state index in [0.717, 1.165) is 22.2 Å². The van der Waals surface area contributed by atoms with E-state index in [1.807, 2.05) is 38.1 Å². The maximum Gasteiger partial charge on any atom is 0.231 e. The molecular formula is C23H19ClN2O3. The lowest BCUT2D eigenvalue weighted by molar-refractivity contribution is -0.115. The number of fused-ring (bicyclic) bond motifs is 1. The van der Waals surface area contributed by atoms with Crippen LogP contribution in [-0.4, -0.2) is 16.0 Å². The number of amides is 1. The van der Waals surface area contributed by atoms with Gasteiger partial charge in [-0.25, -0.2) is 4.98 Å². The number of carbonyl (C=O) groups is 1. The molecule has 1 amide bonds. The molecule has 0 radical (unpaired) electrons. The monoisotopic (exact) mass is 406 g/mol. The molecule has 2 N–H and O–H groups in total. The first-order valence-corrected chi connectivity index (χ1v) is 9.52. The number of rotatable bonds is 4. The van der Waals surface area contributed by atoms with Crippen molar-refractivity contribution in [2.45, 2.75) is 20.3 Å². The number of phenols is 1. The third-order valence-corrected chi connectivity index (χ3v) is 5.04. The fourth-order valence-electron chi connectivity index (χ4n) is 3.07. The molecule has 0 atom stereocenters. The Balaban J connectivity index is 1.59. The number of oxazole rings is 1. The Morgan fingerprint density at radius 1 is 1.07 bits per heavy atom. The molecule has 0 aliphatic carbocycles. The first-order chi connectivity index (χ1) is 13.9. The molecule has 5 nitrogen and oxygen atoms in total. The minimum absolute atomic E-state index is 0.0284. The van der Waals surface area contributed by atoms with E-state index >= 15 is 0 Å². The van der Waals surface area contributed by atoms with E-state index < -0.39 is 0 Å². The molecule has 0 bridgehead atoms. The van der Waals surface area contributed by atoms with E-state index in [9.17, 15) is 9.90 Å². The molecule has 6 heteroatoms. The van der Waals surface area contributed by atoms with Gasteiger partial charge in [0.2, 0.25) is 11.8 Å². The summed E-state index contributed by atoms with van der Waals surface area (Å²) in [7, 11) is 0. The second-order valence-corrected chi connectivity index (χ2v) is 7.44. The molecule has 29 heavy (non-hydrogen) atoms. The Labute approximate surface area is 173 Å². The summed E-state index contributed by atoms with van der Waals surface area (Å²) in [6.07, 6.45) is 0.217. The van der Waals surface area contributed by atoms with Crippen molar-refractivity contribution in [3.8, 4) is 17.2 Å². The van der Waals surface area contributed by atoms with Crippen LogP contribution in [0.15, 0.2) is 59.0 Å². The third kappa shape index (κ3) is 4.10. The molecule has 4 aromatic rings. The Morgan fingerprint density at radius 3 is 2.55 bits per heavy atom. The number of aromatic hydroxyl groups is 1. The normalized spacial score (nSPS) is 11.0. The maximum atomic E-state index is 12.4. The van der Waals surface area contributed by atoms with Gasteiger partial charge in [-0.15, -0.1) is 0 Å². The smallest absolute Gasteiger partial charge is 0.231 e. The van der Waals surface area contributed by atoms with Crippen LogP contribution >= 0.6 is 11.6 Å². The number of hydrogen-bond acceptors (Lipinski definition) is 4. The third-order valence-electron chi connectivity index (χ3n) is 4.79. The van der Waals surface area contributed by atoms with Crippen molar-refractivity contribution in [3.05, 3.63) is 76.3 Å². The largest absolute Gasteiger partial charge is 0.507 e. The van der Waals surface area contributed by atoms with Crippen LogP contribution in [0.2, 0.25) is 5.02 Å². The summed E-state index contributed by atoms with van der Waals surface area (Å²) < 4.78 is 5.84. The summed E-state index contributed by atoms with van der Waals surface area (Å²) in [6, 6.07) is 15.8. The van der Waals surface area contributed by atoms with Gasteiger partial charge >= 0.3 is 0 Å². The molecule has 0 aliphatic rings. The van der Waals surface area contributed by atoms with Gasteiger partial charge in [0.25, 0.3) is 0 Å². The van der Waals surface area contributed by atoms with Gasteiger partial charge in [0.1, 0.15) is 11.3 Å². The molecule has 4 rings (SSSR count). The molecular weight excluding hydrogens is 388 g/mol. The molecule has 0 aliphatic heterocycles. The van der Waals surface area contributed by atoms with E-state index in [2.05, 4.69) is 10.3 Å². The average molecular weight is 407 g/mol. The van der Waals surface area contributed by atoms with E-state index in [0.29, 0.717) is 27.7 Å². The van der Waals surface area contributed by atoms with E-state index in [-0.39, 0.29) is 18.1 Å². The predicted molar refractivity (Wildman–Crippen MR) is 114 cm³/mol. The molecule has 1 heterocycles. The summed E-state index contributed by atoms with van der Waals surface area (Å²) in [5, 5.41) is 13.8. The Bertz CT molecular complexity index is 1170. The molecule has 0 unspecified atom stereocenters. The Hall–Kier alpha value is -3.31. The minimum atomic E-state index is -0.173. The molecule has 146 valence electrons. The lowest BCUT2D eigenvalue weighted by Crippen LogP contribution is -2.14. The van der Waals surface area contributed by atoms with Crippen molar-refractivity contribution >= 4 is 34.3 Å². The summed E-state index contributed by atoms with van der Waals surface area (Å²) >= 11 is 5.88. The zero-order valence-corrected chi connectivity index (χ0v) is 16.7. The number of hydrogen-bond donors (Lipinski definition) is 2. The van der Waals surface area contributed by atoms with Gasteiger partial charge in [-0.1, -0.05) is 23.7 Å². The van der Waals surface area contributed by atoms with Crippen LogP contribution in [-0.2, 0) is 11.2 Å². The Morgan fingerprint density at radius 2 is 1.79 bits per heavy atom. The summed E-state index contributed by atoms with van der Waals surface area (Å²) in [6.45, 7) is 4.02. The first kappa shape index (κ1) is 19.0. The summed E-state index contributed by atoms with van der Waals surface area (Å²) in [5.74, 6) is 0.157. The van der Waals surface area contributed by atoms with Gasteiger partial charge in [-0.05, 0) is 73.0 Å². The number of nitrogens with one attached hydrogen (secondary N) is 1. The average Bonchev–Trinajstić information content (AvgIpc) is 3.08. The van der Waals surface area contributed by atoms with E-state index in [1.165, 1.54) is 6.07 Å². The zero-order valence-electron chi connectivity index (χ0n) is 16.0. The van der Waals surface area contributed by atoms with Crippen LogP contribution in [0.4, 0.5) is 5.69 Å². The quantitative estimate of drug-likeness (QED) is 0.429. The molecule has 1 aromatic heterocycles. The molecule has 0 fully saturated rings. The SMILES string of the molecule is Cc1cc2nc(-c3cc(NC(=O)Cc4ccc(Cl)cc4)ccc3O)oc2cc1C. The van der Waals surface area contributed by atoms with Crippen molar-refractivity contribution in [3.63, 3.8) is 0 Å². The van der Waals surface area contributed by atoms with Crippen LogP contribution in [0.3, 0.4) is 0 Å². The molecule has 0 saturated heterocycles. The first-order valence-electron chi connectivity index (χ1n) is 9.14. The predicted octanol–water partition coefficient (Wildman–Crippen LogP) is 5.65. The summed E-state index contributed by atoms with van der Waals surface area (Å²) in [4.78, 5) is 16.9. The minimum Gasteiger partial charge on any atom is -0.507 e. The van der Waals surface area contributed by atoms with Gasteiger partial charge in [0.05, 0.1) is 12.0 Å². The highest BCUT2D eigenvalue weighted by Gasteiger charge is 2.15. The van der Waals surface area contributed by atoms with Crippen molar-refractivity contribution in [1.29, 1.82) is 0 Å². The number of aryl methyl sites for hydroxylation is 2. The number of carbonyl (C=O) groups excluding carboxylic acids is 1. The van der Waals surface area contributed by atoms with Gasteiger partial charge < -0.3 is 14.8 Å². The fraction of sp³-hybridized carbons (Fsp3) is 0.130. The lowest BCUT2D eigenvalue weighted by Gasteiger charge is -2.08. The van der Waals surface area contributed by atoms with Gasteiger partial charge in [-0.2, -0.15) is 0 Å². The summed E-state index contributed by atoms with van der Waals surface area (Å²) in [5.41, 5.74) is 5.42. The van der Waals surface area contributed by atoms with Crippen LogP contribution in [0, 0.1) is 13.8 Å². The van der Waals surface area contributed by atoms with E-state index in [1.54, 1.807) is 24.3 Å². The Kier molecular flexibility index (Phi) is 4.99. The fourth-order valence-corrected chi connectivity index (χ4v) is 3.20. The number of aromatic nitrogens is 1. The van der Waals surface area contributed by atoms with Crippen LogP contribution in [0.25, 0.3) is 22.6 Å². The standard InChI is InChI=1S/C23H19ClN2O3/c1-13-9-19-21(10-14(13)2)29-23(26-19)18-12-17(7-8-20(18)27)25-22(28)11-15-3-5-16(24)6-4-15/h3-10,12,27H,11H2,1-2H3,(H,25,28). The number of halogens is 1. The zero-order chi connectivity index (χ0) is 20.5. The van der Waals surface area contributed by atoms with Crippen molar-refractivity contribution in [1.82, 2.24) is 4.98 Å². The lowest BCUT2D eigenvalue weighted by atomic mass is 10.1. The number of anilines is 1. The molecule has 0 spiro atoms. The van der Waals surface area contributed by atoms with Crippen molar-refractivity contribution in [2.75, 3.05) is 5.32 Å². The number of benzene rings is 3. The second kappa shape index (κ2) is 7.60.